The number of nitrogens with zero attached hydrogens (tertiary/aromatic N) is 3. The summed E-state index contributed by atoms with van der Waals surface area (Å²) in [4.78, 5) is 15.8. The van der Waals surface area contributed by atoms with Gasteiger partial charge in [0, 0.05) is 25.0 Å². The topological polar surface area (TPSA) is 59.8 Å². The molecule has 5 nitrogen and oxygen atoms in total. The standard InChI is InChI=1S/C11H11BrN4O/c1-16-9(3-5-15-16)7-14-11(17)8-2-4-13-10(12)6-8/h2-6H,7H2,1H3,(H,14,17). The van der Waals surface area contributed by atoms with E-state index in [-0.39, 0.29) is 5.91 Å². The van der Waals surface area contributed by atoms with Crippen molar-refractivity contribution in [3.8, 4) is 0 Å². The molecule has 0 spiro atoms. The zero-order valence-electron chi connectivity index (χ0n) is 9.22. The van der Waals surface area contributed by atoms with Gasteiger partial charge in [0.05, 0.1) is 12.2 Å². The fourth-order valence-electron chi connectivity index (χ4n) is 1.39. The van der Waals surface area contributed by atoms with Gasteiger partial charge in [-0.05, 0) is 34.1 Å². The lowest BCUT2D eigenvalue weighted by Crippen LogP contribution is -2.24. The van der Waals surface area contributed by atoms with E-state index >= 15 is 0 Å². The first-order valence-electron chi connectivity index (χ1n) is 5.03. The number of aryl methyl sites for hydroxylation is 1. The first kappa shape index (κ1) is 11.8. The molecule has 0 aromatic carbocycles. The Kier molecular flexibility index (Phi) is 3.53. The van der Waals surface area contributed by atoms with Crippen LogP contribution in [0.1, 0.15) is 16.1 Å². The molecule has 6 heteroatoms. The SMILES string of the molecule is Cn1nccc1CNC(=O)c1ccnc(Br)c1. The molecule has 0 saturated carbocycles. The molecule has 2 aromatic heterocycles. The molecular weight excluding hydrogens is 284 g/mol. The first-order chi connectivity index (χ1) is 8.16. The maximum Gasteiger partial charge on any atom is 0.251 e. The molecule has 0 atom stereocenters. The van der Waals surface area contributed by atoms with Crippen molar-refractivity contribution in [2.75, 3.05) is 0 Å². The number of hydrogen-bond acceptors (Lipinski definition) is 3. The molecule has 88 valence electrons. The second-order valence-corrected chi connectivity index (χ2v) is 4.31. The quantitative estimate of drug-likeness (QED) is 0.873. The number of aromatic nitrogens is 3. The predicted octanol–water partition coefficient (Wildman–Crippen LogP) is 1.51. The van der Waals surface area contributed by atoms with Crippen LogP contribution < -0.4 is 5.32 Å². The Morgan fingerprint density at radius 3 is 2.94 bits per heavy atom. The zero-order valence-corrected chi connectivity index (χ0v) is 10.8. The largest absolute Gasteiger partial charge is 0.346 e. The number of amides is 1. The average molecular weight is 295 g/mol. The maximum atomic E-state index is 11.8. The molecule has 0 bridgehead atoms. The molecule has 1 amide bonds. The van der Waals surface area contributed by atoms with Crippen molar-refractivity contribution >= 4 is 21.8 Å². The highest BCUT2D eigenvalue weighted by atomic mass is 79.9. The highest BCUT2D eigenvalue weighted by Gasteiger charge is 2.06. The Morgan fingerprint density at radius 2 is 2.29 bits per heavy atom. The van der Waals surface area contributed by atoms with Crippen molar-refractivity contribution in [3.63, 3.8) is 0 Å². The van der Waals surface area contributed by atoms with E-state index in [2.05, 4.69) is 31.3 Å². The summed E-state index contributed by atoms with van der Waals surface area (Å²) in [6, 6.07) is 5.21. The van der Waals surface area contributed by atoms with E-state index in [0.717, 1.165) is 5.69 Å². The van der Waals surface area contributed by atoms with Crippen LogP contribution in [0.5, 0.6) is 0 Å². The normalized spacial score (nSPS) is 10.2. The van der Waals surface area contributed by atoms with Gasteiger partial charge in [0.25, 0.3) is 5.91 Å². The van der Waals surface area contributed by atoms with Crippen molar-refractivity contribution in [3.05, 3.63) is 46.5 Å². The van der Waals surface area contributed by atoms with Gasteiger partial charge in [-0.1, -0.05) is 0 Å². The van der Waals surface area contributed by atoms with Crippen LogP contribution in [0, 0.1) is 0 Å². The lowest BCUT2D eigenvalue weighted by atomic mass is 10.2. The Morgan fingerprint density at radius 1 is 1.47 bits per heavy atom. The summed E-state index contributed by atoms with van der Waals surface area (Å²) in [7, 11) is 1.84. The van der Waals surface area contributed by atoms with E-state index in [1.54, 1.807) is 29.2 Å². The molecule has 0 aliphatic rings. The van der Waals surface area contributed by atoms with Gasteiger partial charge >= 0.3 is 0 Å². The third kappa shape index (κ3) is 2.91. The Bertz CT molecular complexity index is 538. The Labute approximate surface area is 107 Å². The minimum absolute atomic E-state index is 0.130. The second-order valence-electron chi connectivity index (χ2n) is 3.50. The molecule has 0 aliphatic heterocycles. The first-order valence-corrected chi connectivity index (χ1v) is 5.83. The second kappa shape index (κ2) is 5.09. The molecule has 0 unspecified atom stereocenters. The highest BCUT2D eigenvalue weighted by Crippen LogP contribution is 2.08. The Hall–Kier alpha value is -1.69. The van der Waals surface area contributed by atoms with Gasteiger partial charge in [0.15, 0.2) is 0 Å². The summed E-state index contributed by atoms with van der Waals surface area (Å²) >= 11 is 3.23. The monoisotopic (exact) mass is 294 g/mol. The summed E-state index contributed by atoms with van der Waals surface area (Å²) < 4.78 is 2.37. The summed E-state index contributed by atoms with van der Waals surface area (Å²) in [5.74, 6) is -0.130. The molecule has 17 heavy (non-hydrogen) atoms. The highest BCUT2D eigenvalue weighted by molar-refractivity contribution is 9.10. The van der Waals surface area contributed by atoms with Crippen LogP contribution in [0.25, 0.3) is 0 Å². The zero-order chi connectivity index (χ0) is 12.3. The third-order valence-corrected chi connectivity index (χ3v) is 2.77. The molecule has 2 rings (SSSR count). The summed E-state index contributed by atoms with van der Waals surface area (Å²) in [6.45, 7) is 0.454. The molecular formula is C11H11BrN4O. The van der Waals surface area contributed by atoms with Crippen LogP contribution in [-0.2, 0) is 13.6 Å². The average Bonchev–Trinajstić information content (AvgIpc) is 2.72. The van der Waals surface area contributed by atoms with Crippen LogP contribution in [-0.4, -0.2) is 20.7 Å². The molecule has 1 N–H and O–H groups in total. The van der Waals surface area contributed by atoms with Crippen molar-refractivity contribution in [2.24, 2.45) is 7.05 Å². The van der Waals surface area contributed by atoms with Crippen LogP contribution in [0.3, 0.4) is 0 Å². The van der Waals surface area contributed by atoms with Crippen molar-refractivity contribution in [1.29, 1.82) is 0 Å². The number of rotatable bonds is 3. The van der Waals surface area contributed by atoms with Crippen LogP contribution >= 0.6 is 15.9 Å². The fraction of sp³-hybridized carbons (Fsp3) is 0.182. The molecule has 0 fully saturated rings. The molecule has 0 aliphatic carbocycles. The van der Waals surface area contributed by atoms with Crippen molar-refractivity contribution < 1.29 is 4.79 Å². The number of hydrogen-bond donors (Lipinski definition) is 1. The number of carbonyl (C=O) groups is 1. The number of carbonyl (C=O) groups excluding carboxylic acids is 1. The summed E-state index contributed by atoms with van der Waals surface area (Å²) in [5, 5.41) is 6.85. The maximum absolute atomic E-state index is 11.8. The van der Waals surface area contributed by atoms with E-state index in [9.17, 15) is 4.79 Å². The van der Waals surface area contributed by atoms with E-state index in [1.807, 2.05) is 13.1 Å². The van der Waals surface area contributed by atoms with E-state index < -0.39 is 0 Å². The van der Waals surface area contributed by atoms with Crippen molar-refractivity contribution in [1.82, 2.24) is 20.1 Å². The van der Waals surface area contributed by atoms with Gasteiger partial charge in [0.2, 0.25) is 0 Å². The molecule has 2 aromatic rings. The lowest BCUT2D eigenvalue weighted by Gasteiger charge is -2.05. The number of pyridine rings is 1. The fourth-order valence-corrected chi connectivity index (χ4v) is 1.76. The van der Waals surface area contributed by atoms with Crippen LogP contribution in [0.15, 0.2) is 35.2 Å². The van der Waals surface area contributed by atoms with Gasteiger partial charge in [-0.25, -0.2) is 4.98 Å². The van der Waals surface area contributed by atoms with E-state index in [1.165, 1.54) is 0 Å². The Balaban J connectivity index is 2.01. The van der Waals surface area contributed by atoms with Gasteiger partial charge in [-0.2, -0.15) is 5.10 Å². The predicted molar refractivity (Wildman–Crippen MR) is 66.3 cm³/mol. The van der Waals surface area contributed by atoms with Crippen LogP contribution in [0.2, 0.25) is 0 Å². The smallest absolute Gasteiger partial charge is 0.251 e. The molecule has 0 radical (unpaired) electrons. The number of halogens is 1. The minimum Gasteiger partial charge on any atom is -0.346 e. The lowest BCUT2D eigenvalue weighted by molar-refractivity contribution is 0.0950. The van der Waals surface area contributed by atoms with Gasteiger partial charge in [-0.3, -0.25) is 9.48 Å². The van der Waals surface area contributed by atoms with E-state index in [0.29, 0.717) is 16.7 Å². The van der Waals surface area contributed by atoms with Crippen molar-refractivity contribution in [2.45, 2.75) is 6.54 Å². The number of nitrogens with one attached hydrogen (secondary N) is 1. The molecule has 2 heterocycles. The van der Waals surface area contributed by atoms with Gasteiger partial charge < -0.3 is 5.32 Å². The van der Waals surface area contributed by atoms with Gasteiger partial charge in [-0.15, -0.1) is 0 Å². The summed E-state index contributed by atoms with van der Waals surface area (Å²) in [6.07, 6.45) is 3.29. The molecule has 0 saturated heterocycles. The van der Waals surface area contributed by atoms with Crippen LogP contribution in [0.4, 0.5) is 0 Å². The van der Waals surface area contributed by atoms with E-state index in [4.69, 9.17) is 0 Å². The minimum atomic E-state index is -0.130. The third-order valence-electron chi connectivity index (χ3n) is 2.34. The summed E-state index contributed by atoms with van der Waals surface area (Å²) in [5.41, 5.74) is 1.53. The van der Waals surface area contributed by atoms with Gasteiger partial charge in [0.1, 0.15) is 4.60 Å².